The number of primary amides is 2. The number of hydrogen-bond acceptors (Lipinski definition) is 3. The first-order valence-corrected chi connectivity index (χ1v) is 4.47. The highest BCUT2D eigenvalue weighted by Gasteiger charge is 2.20. The predicted octanol–water partition coefficient (Wildman–Crippen LogP) is -0.885. The highest BCUT2D eigenvalue weighted by Crippen LogP contribution is 1.97. The molecule has 0 unspecified atom stereocenters. The number of benzene rings is 1. The number of rotatable bonds is 5. The van der Waals surface area contributed by atoms with E-state index in [1.807, 2.05) is 30.3 Å². The van der Waals surface area contributed by atoms with Gasteiger partial charge in [-0.15, -0.1) is 0 Å². The monoisotopic (exact) mass is 207 g/mol. The molecule has 0 spiro atoms. The molecule has 0 bridgehead atoms. The maximum atomic E-state index is 10.8. The van der Waals surface area contributed by atoms with Gasteiger partial charge in [0.1, 0.15) is 0 Å². The highest BCUT2D eigenvalue weighted by atomic mass is 16.2. The zero-order valence-corrected chi connectivity index (χ0v) is 8.14. The average Bonchev–Trinajstić information content (AvgIpc) is 2.18. The van der Waals surface area contributed by atoms with Crippen LogP contribution >= 0.6 is 0 Å². The first kappa shape index (κ1) is 11.2. The molecule has 0 heterocycles. The molecule has 1 aromatic carbocycles. The summed E-state index contributed by atoms with van der Waals surface area (Å²) in [5.41, 5.74) is 10.9. The van der Waals surface area contributed by atoms with E-state index in [1.165, 1.54) is 0 Å². The summed E-state index contributed by atoms with van der Waals surface area (Å²) in [5.74, 6) is -1.53. The van der Waals surface area contributed by atoms with E-state index in [-0.39, 0.29) is 0 Å². The van der Waals surface area contributed by atoms with Gasteiger partial charge in [-0.25, -0.2) is 0 Å². The molecule has 5 N–H and O–H groups in total. The molecule has 15 heavy (non-hydrogen) atoms. The van der Waals surface area contributed by atoms with Gasteiger partial charge in [0.15, 0.2) is 6.04 Å². The molecular formula is C10H13N3O2. The molecule has 0 aliphatic heterocycles. The molecule has 1 aromatic rings. The quantitative estimate of drug-likeness (QED) is 0.546. The third-order valence-electron chi connectivity index (χ3n) is 1.92. The smallest absolute Gasteiger partial charge is 0.244 e. The second-order valence-electron chi connectivity index (χ2n) is 3.10. The maximum Gasteiger partial charge on any atom is 0.244 e. The van der Waals surface area contributed by atoms with E-state index in [2.05, 4.69) is 5.32 Å². The van der Waals surface area contributed by atoms with E-state index in [9.17, 15) is 9.59 Å². The maximum absolute atomic E-state index is 10.8. The normalized spacial score (nSPS) is 10.2. The second-order valence-corrected chi connectivity index (χ2v) is 3.10. The minimum atomic E-state index is -1.12. The summed E-state index contributed by atoms with van der Waals surface area (Å²) in [6.45, 7) is 0.372. The van der Waals surface area contributed by atoms with Crippen LogP contribution in [0.1, 0.15) is 5.56 Å². The molecule has 5 nitrogen and oxygen atoms in total. The number of carbonyl (C=O) groups is 2. The van der Waals surface area contributed by atoms with Gasteiger partial charge < -0.3 is 11.5 Å². The Morgan fingerprint density at radius 1 is 1.13 bits per heavy atom. The van der Waals surface area contributed by atoms with Crippen LogP contribution in [-0.2, 0) is 16.1 Å². The first-order valence-electron chi connectivity index (χ1n) is 4.47. The Labute approximate surface area is 87.4 Å². The minimum absolute atomic E-state index is 0.372. The van der Waals surface area contributed by atoms with Crippen molar-refractivity contribution in [3.05, 3.63) is 35.9 Å². The van der Waals surface area contributed by atoms with Gasteiger partial charge in [-0.05, 0) is 5.56 Å². The van der Waals surface area contributed by atoms with Crippen molar-refractivity contribution in [1.29, 1.82) is 0 Å². The molecule has 80 valence electrons. The fourth-order valence-corrected chi connectivity index (χ4v) is 1.16. The van der Waals surface area contributed by atoms with Gasteiger partial charge in [0.2, 0.25) is 11.8 Å². The van der Waals surface area contributed by atoms with Crippen molar-refractivity contribution in [3.8, 4) is 0 Å². The molecule has 2 amide bonds. The predicted molar refractivity (Wildman–Crippen MR) is 55.5 cm³/mol. The van der Waals surface area contributed by atoms with Crippen LogP contribution in [0.2, 0.25) is 0 Å². The van der Waals surface area contributed by atoms with Gasteiger partial charge in [0.25, 0.3) is 0 Å². The molecular weight excluding hydrogens is 194 g/mol. The van der Waals surface area contributed by atoms with Crippen LogP contribution in [0, 0.1) is 0 Å². The lowest BCUT2D eigenvalue weighted by Gasteiger charge is -2.11. The van der Waals surface area contributed by atoms with Crippen LogP contribution in [0.4, 0.5) is 0 Å². The third kappa shape index (κ3) is 3.40. The molecule has 1 rings (SSSR count). The lowest BCUT2D eigenvalue weighted by Crippen LogP contribution is -2.49. The largest absolute Gasteiger partial charge is 0.368 e. The second kappa shape index (κ2) is 5.11. The summed E-state index contributed by atoms with van der Waals surface area (Å²) in [6, 6.07) is 8.22. The van der Waals surface area contributed by atoms with E-state index in [4.69, 9.17) is 11.5 Å². The minimum Gasteiger partial charge on any atom is -0.368 e. The van der Waals surface area contributed by atoms with E-state index < -0.39 is 17.9 Å². The van der Waals surface area contributed by atoms with Gasteiger partial charge >= 0.3 is 0 Å². The lowest BCUT2D eigenvalue weighted by molar-refractivity contribution is -0.128. The van der Waals surface area contributed by atoms with Crippen LogP contribution in [0.15, 0.2) is 30.3 Å². The highest BCUT2D eigenvalue weighted by molar-refractivity contribution is 6.02. The summed E-state index contributed by atoms with van der Waals surface area (Å²) < 4.78 is 0. The zero-order valence-electron chi connectivity index (χ0n) is 8.14. The standard InChI is InChI=1S/C10H13N3O2/c11-9(14)8(10(12)15)13-6-7-4-2-1-3-5-7/h1-5,8,13H,6H2,(H2,11,14)(H2,12,15). The Bertz CT molecular complexity index is 337. The number of amides is 2. The van der Waals surface area contributed by atoms with E-state index in [0.29, 0.717) is 6.54 Å². The fraction of sp³-hybridized carbons (Fsp3) is 0.200. The summed E-state index contributed by atoms with van der Waals surface area (Å²) in [7, 11) is 0. The fourth-order valence-electron chi connectivity index (χ4n) is 1.16. The lowest BCUT2D eigenvalue weighted by atomic mass is 10.2. The van der Waals surface area contributed by atoms with Crippen molar-refractivity contribution < 1.29 is 9.59 Å². The number of nitrogens with one attached hydrogen (secondary N) is 1. The number of carbonyl (C=O) groups excluding carboxylic acids is 2. The Balaban J connectivity index is 2.55. The first-order chi connectivity index (χ1) is 7.11. The molecule has 5 heteroatoms. The number of hydrogen-bond donors (Lipinski definition) is 3. The average molecular weight is 207 g/mol. The van der Waals surface area contributed by atoms with Crippen molar-refractivity contribution >= 4 is 11.8 Å². The number of nitrogens with two attached hydrogens (primary N) is 2. The van der Waals surface area contributed by atoms with E-state index >= 15 is 0 Å². The van der Waals surface area contributed by atoms with Crippen LogP contribution in [0.3, 0.4) is 0 Å². The summed E-state index contributed by atoms with van der Waals surface area (Å²) >= 11 is 0. The molecule has 0 aliphatic rings. The summed E-state index contributed by atoms with van der Waals surface area (Å²) in [4.78, 5) is 21.6. The van der Waals surface area contributed by atoms with Crippen LogP contribution < -0.4 is 16.8 Å². The van der Waals surface area contributed by atoms with Crippen molar-refractivity contribution in [3.63, 3.8) is 0 Å². The van der Waals surface area contributed by atoms with Crippen molar-refractivity contribution in [2.24, 2.45) is 11.5 Å². The molecule has 0 radical (unpaired) electrons. The Morgan fingerprint density at radius 2 is 1.67 bits per heavy atom. The summed E-state index contributed by atoms with van der Waals surface area (Å²) in [5, 5.41) is 2.69. The van der Waals surface area contributed by atoms with Gasteiger partial charge in [-0.2, -0.15) is 0 Å². The molecule has 0 aliphatic carbocycles. The van der Waals surface area contributed by atoms with E-state index in [1.54, 1.807) is 0 Å². The summed E-state index contributed by atoms with van der Waals surface area (Å²) in [6.07, 6.45) is 0. The van der Waals surface area contributed by atoms with Crippen LogP contribution in [-0.4, -0.2) is 17.9 Å². The van der Waals surface area contributed by atoms with Gasteiger partial charge in [-0.1, -0.05) is 30.3 Å². The van der Waals surface area contributed by atoms with E-state index in [0.717, 1.165) is 5.56 Å². The molecule has 0 atom stereocenters. The van der Waals surface area contributed by atoms with Gasteiger partial charge in [-0.3, -0.25) is 14.9 Å². The van der Waals surface area contributed by atoms with Crippen LogP contribution in [0.25, 0.3) is 0 Å². The topological polar surface area (TPSA) is 98.2 Å². The Kier molecular flexibility index (Phi) is 3.82. The molecule has 0 aromatic heterocycles. The molecule has 0 saturated carbocycles. The van der Waals surface area contributed by atoms with Crippen molar-refractivity contribution in [1.82, 2.24) is 5.32 Å². The zero-order chi connectivity index (χ0) is 11.3. The van der Waals surface area contributed by atoms with Crippen LogP contribution in [0.5, 0.6) is 0 Å². The van der Waals surface area contributed by atoms with Crippen molar-refractivity contribution in [2.45, 2.75) is 12.6 Å². The molecule has 0 fully saturated rings. The molecule has 0 saturated heterocycles. The Hall–Kier alpha value is -1.88. The Morgan fingerprint density at radius 3 is 2.13 bits per heavy atom. The van der Waals surface area contributed by atoms with Gasteiger partial charge in [0.05, 0.1) is 0 Å². The SMILES string of the molecule is NC(=O)C(NCc1ccccc1)C(N)=O. The third-order valence-corrected chi connectivity index (χ3v) is 1.92. The van der Waals surface area contributed by atoms with Crippen molar-refractivity contribution in [2.75, 3.05) is 0 Å². The van der Waals surface area contributed by atoms with Gasteiger partial charge in [0, 0.05) is 6.54 Å².